The molecule has 0 amide bonds. The molecule has 0 spiro atoms. The van der Waals surface area contributed by atoms with Gasteiger partial charge in [-0.1, -0.05) is 19.3 Å². The van der Waals surface area contributed by atoms with E-state index in [0.29, 0.717) is 5.37 Å². The third-order valence-electron chi connectivity index (χ3n) is 3.52. The number of hydrogen-bond donors (Lipinski definition) is 1. The van der Waals surface area contributed by atoms with Crippen molar-refractivity contribution in [2.75, 3.05) is 19.4 Å². The van der Waals surface area contributed by atoms with Gasteiger partial charge in [-0.05, 0) is 31.6 Å². The van der Waals surface area contributed by atoms with Crippen molar-refractivity contribution in [1.82, 2.24) is 5.32 Å². The number of methoxy groups -OCH3 is 1. The topological polar surface area (TPSA) is 21.3 Å². The molecule has 0 radical (unpaired) electrons. The molecule has 2 fully saturated rings. The van der Waals surface area contributed by atoms with E-state index in [9.17, 15) is 0 Å². The van der Waals surface area contributed by atoms with Gasteiger partial charge in [-0.25, -0.2) is 0 Å². The molecule has 1 heterocycles. The Morgan fingerprint density at radius 1 is 1.21 bits per heavy atom. The molecule has 2 rings (SSSR count). The van der Waals surface area contributed by atoms with Gasteiger partial charge in [0.15, 0.2) is 0 Å². The van der Waals surface area contributed by atoms with E-state index >= 15 is 0 Å². The lowest BCUT2D eigenvalue weighted by Crippen LogP contribution is -2.53. The zero-order chi connectivity index (χ0) is 9.86. The van der Waals surface area contributed by atoms with Crippen molar-refractivity contribution >= 4 is 11.8 Å². The fourth-order valence-electron chi connectivity index (χ4n) is 2.63. The van der Waals surface area contributed by atoms with Gasteiger partial charge in [-0.15, -0.1) is 11.8 Å². The summed E-state index contributed by atoms with van der Waals surface area (Å²) in [5.74, 6) is 1.29. The summed E-state index contributed by atoms with van der Waals surface area (Å²) in [6.45, 7) is 1.17. The summed E-state index contributed by atoms with van der Waals surface area (Å²) < 4.78 is 5.83. The average molecular weight is 215 g/mol. The highest BCUT2D eigenvalue weighted by Crippen LogP contribution is 2.39. The van der Waals surface area contributed by atoms with Crippen LogP contribution in [0.15, 0.2) is 0 Å². The Balaban J connectivity index is 2.01. The Kier molecular flexibility index (Phi) is 3.74. The molecule has 1 aliphatic heterocycles. The molecule has 2 nitrogen and oxygen atoms in total. The standard InChI is InChI=1S/C11H21NOS/c1-13-11(6-3-2-4-7-11)10-12-8-5-9-14-10/h10,12H,2-9H2,1H3. The van der Waals surface area contributed by atoms with Crippen molar-refractivity contribution in [3.63, 3.8) is 0 Å². The fourth-order valence-corrected chi connectivity index (χ4v) is 4.04. The molecule has 0 bridgehead atoms. The first-order valence-corrected chi connectivity index (χ1v) is 6.82. The minimum atomic E-state index is 0.142. The number of rotatable bonds is 2. The van der Waals surface area contributed by atoms with Gasteiger partial charge in [0.1, 0.15) is 0 Å². The van der Waals surface area contributed by atoms with E-state index in [1.807, 2.05) is 7.11 Å². The second-order valence-corrected chi connectivity index (χ2v) is 5.60. The minimum absolute atomic E-state index is 0.142. The summed E-state index contributed by atoms with van der Waals surface area (Å²) in [6.07, 6.45) is 7.87. The van der Waals surface area contributed by atoms with Crippen molar-refractivity contribution in [1.29, 1.82) is 0 Å². The predicted molar refractivity (Wildman–Crippen MR) is 61.7 cm³/mol. The maximum atomic E-state index is 5.83. The van der Waals surface area contributed by atoms with Gasteiger partial charge in [0, 0.05) is 7.11 Å². The van der Waals surface area contributed by atoms with Gasteiger partial charge < -0.3 is 10.1 Å². The first-order chi connectivity index (χ1) is 6.87. The predicted octanol–water partition coefficient (Wildman–Crippen LogP) is 2.39. The van der Waals surface area contributed by atoms with Gasteiger partial charge in [0.2, 0.25) is 0 Å². The summed E-state index contributed by atoms with van der Waals surface area (Å²) in [7, 11) is 1.89. The molecule has 0 aromatic carbocycles. The van der Waals surface area contributed by atoms with Crippen LogP contribution < -0.4 is 5.32 Å². The quantitative estimate of drug-likeness (QED) is 0.764. The largest absolute Gasteiger partial charge is 0.376 e. The Morgan fingerprint density at radius 2 is 2.00 bits per heavy atom. The van der Waals surface area contributed by atoms with E-state index in [-0.39, 0.29) is 5.60 Å². The Hall–Kier alpha value is 0.270. The van der Waals surface area contributed by atoms with Crippen LogP contribution in [-0.2, 0) is 4.74 Å². The second-order valence-electron chi connectivity index (χ2n) is 4.39. The van der Waals surface area contributed by atoms with Crippen LogP contribution in [0.3, 0.4) is 0 Å². The molecule has 14 heavy (non-hydrogen) atoms. The summed E-state index contributed by atoms with van der Waals surface area (Å²) in [5, 5.41) is 4.16. The Bertz CT molecular complexity index is 174. The lowest BCUT2D eigenvalue weighted by Gasteiger charge is -2.44. The van der Waals surface area contributed by atoms with E-state index in [1.54, 1.807) is 0 Å². The Morgan fingerprint density at radius 3 is 2.57 bits per heavy atom. The van der Waals surface area contributed by atoms with Gasteiger partial charge in [0.05, 0.1) is 11.0 Å². The monoisotopic (exact) mass is 215 g/mol. The highest BCUT2D eigenvalue weighted by Gasteiger charge is 2.40. The van der Waals surface area contributed by atoms with Gasteiger partial charge >= 0.3 is 0 Å². The summed E-state index contributed by atoms with van der Waals surface area (Å²) in [6, 6.07) is 0. The van der Waals surface area contributed by atoms with Crippen molar-refractivity contribution in [2.45, 2.75) is 49.5 Å². The summed E-state index contributed by atoms with van der Waals surface area (Å²) >= 11 is 2.06. The molecule has 1 saturated heterocycles. The van der Waals surface area contributed by atoms with Crippen molar-refractivity contribution in [3.05, 3.63) is 0 Å². The summed E-state index contributed by atoms with van der Waals surface area (Å²) in [4.78, 5) is 0. The van der Waals surface area contributed by atoms with Gasteiger partial charge in [0.25, 0.3) is 0 Å². The molecular weight excluding hydrogens is 194 g/mol. The van der Waals surface area contributed by atoms with E-state index in [0.717, 1.165) is 0 Å². The van der Waals surface area contributed by atoms with Crippen LogP contribution in [0.2, 0.25) is 0 Å². The van der Waals surface area contributed by atoms with Crippen molar-refractivity contribution < 1.29 is 4.74 Å². The number of thioether (sulfide) groups is 1. The molecule has 2 aliphatic rings. The smallest absolute Gasteiger partial charge is 0.0924 e. The molecule has 82 valence electrons. The van der Waals surface area contributed by atoms with Crippen LogP contribution in [0.25, 0.3) is 0 Å². The third kappa shape index (κ3) is 2.10. The molecule has 0 aromatic rings. The lowest BCUT2D eigenvalue weighted by atomic mass is 9.84. The molecule has 1 unspecified atom stereocenters. The van der Waals surface area contributed by atoms with E-state index in [1.165, 1.54) is 50.8 Å². The molecule has 1 N–H and O–H groups in total. The zero-order valence-corrected chi connectivity index (χ0v) is 9.87. The molecule has 0 aromatic heterocycles. The average Bonchev–Trinajstić information content (AvgIpc) is 2.31. The minimum Gasteiger partial charge on any atom is -0.376 e. The van der Waals surface area contributed by atoms with Gasteiger partial charge in [-0.3, -0.25) is 0 Å². The van der Waals surface area contributed by atoms with E-state index in [2.05, 4.69) is 17.1 Å². The van der Waals surface area contributed by atoms with Crippen LogP contribution >= 0.6 is 11.8 Å². The van der Waals surface area contributed by atoms with Crippen LogP contribution in [-0.4, -0.2) is 30.4 Å². The maximum absolute atomic E-state index is 5.83. The number of ether oxygens (including phenoxy) is 1. The molecule has 1 aliphatic carbocycles. The first kappa shape index (κ1) is 10.8. The van der Waals surface area contributed by atoms with Crippen LogP contribution in [0, 0.1) is 0 Å². The van der Waals surface area contributed by atoms with Crippen LogP contribution in [0.4, 0.5) is 0 Å². The van der Waals surface area contributed by atoms with Crippen LogP contribution in [0.5, 0.6) is 0 Å². The highest BCUT2D eigenvalue weighted by atomic mass is 32.2. The van der Waals surface area contributed by atoms with E-state index < -0.39 is 0 Å². The fraction of sp³-hybridized carbons (Fsp3) is 1.00. The normalized spacial score (nSPS) is 32.8. The molecule has 3 heteroatoms. The molecule has 1 atom stereocenters. The summed E-state index contributed by atoms with van der Waals surface area (Å²) in [5.41, 5.74) is 0.142. The lowest BCUT2D eigenvalue weighted by molar-refractivity contribution is -0.0468. The van der Waals surface area contributed by atoms with Crippen molar-refractivity contribution in [2.24, 2.45) is 0 Å². The second kappa shape index (κ2) is 4.86. The SMILES string of the molecule is COC1(C2NCCCS2)CCCCC1. The third-order valence-corrected chi connectivity index (χ3v) is 4.97. The maximum Gasteiger partial charge on any atom is 0.0924 e. The molecule has 1 saturated carbocycles. The van der Waals surface area contributed by atoms with E-state index in [4.69, 9.17) is 4.74 Å². The first-order valence-electron chi connectivity index (χ1n) is 5.77. The zero-order valence-electron chi connectivity index (χ0n) is 9.05. The molecular formula is C11H21NOS. The highest BCUT2D eigenvalue weighted by molar-refractivity contribution is 8.00. The van der Waals surface area contributed by atoms with Crippen LogP contribution in [0.1, 0.15) is 38.5 Å². The number of nitrogens with one attached hydrogen (secondary N) is 1. The van der Waals surface area contributed by atoms with Gasteiger partial charge in [-0.2, -0.15) is 0 Å². The Labute approximate surface area is 91.2 Å². The number of hydrogen-bond acceptors (Lipinski definition) is 3. The van der Waals surface area contributed by atoms with Crippen molar-refractivity contribution in [3.8, 4) is 0 Å².